The van der Waals surface area contributed by atoms with Crippen LogP contribution in [-0.2, 0) is 0 Å². The maximum absolute atomic E-state index is 12.8. The molecule has 0 aliphatic heterocycles. The van der Waals surface area contributed by atoms with Gasteiger partial charge in [0.05, 0.1) is 0 Å². The highest BCUT2D eigenvalue weighted by Gasteiger charge is 1.99. The van der Waals surface area contributed by atoms with Crippen molar-refractivity contribution in [3.05, 3.63) is 52.1 Å². The lowest BCUT2D eigenvalue weighted by Crippen LogP contribution is -1.87. The van der Waals surface area contributed by atoms with Gasteiger partial charge in [-0.25, -0.2) is 4.98 Å². The van der Waals surface area contributed by atoms with Crippen LogP contribution in [0.25, 0.3) is 0 Å². The van der Waals surface area contributed by atoms with Gasteiger partial charge in [-0.1, -0.05) is 6.07 Å². The highest BCUT2D eigenvalue weighted by atomic mass is 127. The third kappa shape index (κ3) is 2.89. The molecule has 0 aliphatic carbocycles. The molecule has 0 bridgehead atoms. The fourth-order valence-electron chi connectivity index (χ4n) is 1.11. The van der Waals surface area contributed by atoms with Crippen molar-refractivity contribution in [2.75, 3.05) is 0 Å². The molecule has 0 amide bonds. The number of nitrogens with zero attached hydrogens (tertiary/aromatic N) is 1. The fraction of sp³-hybridized carbons (Fsp3) is 0. The molecule has 15 heavy (non-hydrogen) atoms. The molecule has 2 rings (SSSR count). The monoisotopic (exact) mass is 315 g/mol. The van der Waals surface area contributed by atoms with Gasteiger partial charge >= 0.3 is 0 Å². The molecule has 0 spiro atoms. The Balaban J connectivity index is 2.22. The normalized spacial score (nSPS) is 10.0. The summed E-state index contributed by atoms with van der Waals surface area (Å²) in [6, 6.07) is 10.4. The summed E-state index contributed by atoms with van der Waals surface area (Å²) in [5.41, 5.74) is 0. The van der Waals surface area contributed by atoms with E-state index in [1.165, 1.54) is 12.3 Å². The Morgan fingerprint density at radius 2 is 1.93 bits per heavy atom. The molecule has 0 radical (unpaired) electrons. The van der Waals surface area contributed by atoms with Gasteiger partial charge in [-0.2, -0.15) is 4.39 Å². The maximum Gasteiger partial charge on any atom is 0.216 e. The molecule has 0 unspecified atom stereocenters. The molecule has 76 valence electrons. The van der Waals surface area contributed by atoms with E-state index in [1.54, 1.807) is 6.07 Å². The third-order valence-electron chi connectivity index (χ3n) is 1.73. The molecule has 0 aliphatic rings. The Kier molecular flexibility index (Phi) is 3.15. The Morgan fingerprint density at radius 1 is 1.13 bits per heavy atom. The van der Waals surface area contributed by atoms with Crippen molar-refractivity contribution in [3.63, 3.8) is 0 Å². The number of halogens is 2. The molecular weight excluding hydrogens is 308 g/mol. The summed E-state index contributed by atoms with van der Waals surface area (Å²) in [5, 5.41) is 0. The lowest BCUT2D eigenvalue weighted by atomic mass is 10.3. The lowest BCUT2D eigenvalue weighted by molar-refractivity contribution is 0.472. The van der Waals surface area contributed by atoms with Crippen LogP contribution >= 0.6 is 22.6 Å². The van der Waals surface area contributed by atoms with E-state index in [0.29, 0.717) is 11.5 Å². The van der Waals surface area contributed by atoms with Gasteiger partial charge in [0.15, 0.2) is 0 Å². The van der Waals surface area contributed by atoms with Gasteiger partial charge in [-0.3, -0.25) is 0 Å². The second-order valence-electron chi connectivity index (χ2n) is 2.87. The van der Waals surface area contributed by atoms with Crippen molar-refractivity contribution >= 4 is 22.6 Å². The molecule has 2 aromatic rings. The van der Waals surface area contributed by atoms with Crippen LogP contribution in [0.15, 0.2) is 42.6 Å². The highest BCUT2D eigenvalue weighted by molar-refractivity contribution is 14.1. The van der Waals surface area contributed by atoms with Crippen LogP contribution in [0.3, 0.4) is 0 Å². The number of hydrogen-bond donors (Lipinski definition) is 0. The molecule has 1 heterocycles. The van der Waals surface area contributed by atoms with E-state index in [0.717, 1.165) is 3.57 Å². The van der Waals surface area contributed by atoms with Gasteiger partial charge in [0.1, 0.15) is 11.5 Å². The van der Waals surface area contributed by atoms with Crippen LogP contribution in [0.4, 0.5) is 4.39 Å². The van der Waals surface area contributed by atoms with E-state index in [9.17, 15) is 4.39 Å². The maximum atomic E-state index is 12.8. The molecule has 0 N–H and O–H groups in total. The summed E-state index contributed by atoms with van der Waals surface area (Å²) >= 11 is 2.19. The van der Waals surface area contributed by atoms with Crippen LogP contribution < -0.4 is 4.74 Å². The second-order valence-corrected chi connectivity index (χ2v) is 4.12. The molecular formula is C11H7FINO. The van der Waals surface area contributed by atoms with Gasteiger partial charge in [-0.05, 0) is 46.9 Å². The Bertz CT molecular complexity index is 432. The molecule has 0 atom stereocenters. The van der Waals surface area contributed by atoms with Crippen LogP contribution in [0, 0.1) is 9.52 Å². The van der Waals surface area contributed by atoms with Crippen molar-refractivity contribution in [2.24, 2.45) is 0 Å². The molecule has 4 heteroatoms. The summed E-state index contributed by atoms with van der Waals surface area (Å²) in [4.78, 5) is 3.45. The Labute approximate surface area is 100 Å². The zero-order valence-electron chi connectivity index (χ0n) is 7.65. The molecule has 0 saturated heterocycles. The second kappa shape index (κ2) is 4.57. The smallest absolute Gasteiger partial charge is 0.216 e. The fourth-order valence-corrected chi connectivity index (χ4v) is 1.63. The van der Waals surface area contributed by atoms with Crippen molar-refractivity contribution < 1.29 is 9.13 Å². The van der Waals surface area contributed by atoms with Crippen molar-refractivity contribution in [1.82, 2.24) is 4.98 Å². The van der Waals surface area contributed by atoms with E-state index >= 15 is 0 Å². The average molecular weight is 315 g/mol. The number of benzene rings is 1. The Hall–Kier alpha value is -1.17. The van der Waals surface area contributed by atoms with Crippen molar-refractivity contribution in [2.45, 2.75) is 0 Å². The average Bonchev–Trinajstić information content (AvgIpc) is 2.17. The molecule has 1 aromatic heterocycles. The van der Waals surface area contributed by atoms with Crippen LogP contribution in [0.5, 0.6) is 11.5 Å². The minimum Gasteiger partial charge on any atom is -0.457 e. The summed E-state index contributed by atoms with van der Waals surface area (Å²) in [6.45, 7) is 0. The van der Waals surface area contributed by atoms with Gasteiger partial charge in [0.2, 0.25) is 5.95 Å². The third-order valence-corrected chi connectivity index (χ3v) is 2.40. The topological polar surface area (TPSA) is 22.1 Å². The number of ether oxygens (including phenoxy) is 1. The first-order valence-electron chi connectivity index (χ1n) is 4.29. The van der Waals surface area contributed by atoms with Gasteiger partial charge in [0.25, 0.3) is 0 Å². The Morgan fingerprint density at radius 3 is 2.67 bits per heavy atom. The van der Waals surface area contributed by atoms with E-state index in [2.05, 4.69) is 27.6 Å². The summed E-state index contributed by atoms with van der Waals surface area (Å²) in [6.07, 6.45) is 1.37. The van der Waals surface area contributed by atoms with E-state index in [4.69, 9.17) is 4.74 Å². The predicted molar refractivity (Wildman–Crippen MR) is 63.4 cm³/mol. The van der Waals surface area contributed by atoms with Crippen LogP contribution in [0.2, 0.25) is 0 Å². The number of aromatic nitrogens is 1. The first kappa shape index (κ1) is 10.4. The summed E-state index contributed by atoms with van der Waals surface area (Å²) in [5.74, 6) is 0.593. The zero-order valence-corrected chi connectivity index (χ0v) is 9.81. The lowest BCUT2D eigenvalue weighted by Gasteiger charge is -2.05. The van der Waals surface area contributed by atoms with Gasteiger partial charge in [0, 0.05) is 15.8 Å². The molecule has 1 aromatic carbocycles. The minimum atomic E-state index is -0.543. The number of rotatable bonds is 2. The SMILES string of the molecule is Fc1cc(Oc2cccc(I)c2)ccn1. The predicted octanol–water partition coefficient (Wildman–Crippen LogP) is 3.62. The van der Waals surface area contributed by atoms with E-state index in [-0.39, 0.29) is 0 Å². The van der Waals surface area contributed by atoms with E-state index < -0.39 is 5.95 Å². The quantitative estimate of drug-likeness (QED) is 0.624. The first-order valence-corrected chi connectivity index (χ1v) is 5.37. The van der Waals surface area contributed by atoms with Gasteiger partial charge < -0.3 is 4.74 Å². The summed E-state index contributed by atoms with van der Waals surface area (Å²) in [7, 11) is 0. The largest absolute Gasteiger partial charge is 0.457 e. The van der Waals surface area contributed by atoms with Crippen LogP contribution in [-0.4, -0.2) is 4.98 Å². The first-order chi connectivity index (χ1) is 7.24. The van der Waals surface area contributed by atoms with E-state index in [1.807, 2.05) is 24.3 Å². The van der Waals surface area contributed by atoms with Crippen molar-refractivity contribution in [1.29, 1.82) is 0 Å². The number of hydrogen-bond acceptors (Lipinski definition) is 2. The summed E-state index contributed by atoms with van der Waals surface area (Å²) < 4.78 is 19.3. The van der Waals surface area contributed by atoms with Crippen molar-refractivity contribution in [3.8, 4) is 11.5 Å². The van der Waals surface area contributed by atoms with Crippen LogP contribution in [0.1, 0.15) is 0 Å². The zero-order chi connectivity index (χ0) is 10.7. The van der Waals surface area contributed by atoms with Gasteiger partial charge in [-0.15, -0.1) is 0 Å². The molecule has 0 fully saturated rings. The molecule has 0 saturated carbocycles. The highest BCUT2D eigenvalue weighted by Crippen LogP contribution is 2.22. The standard InChI is InChI=1S/C11H7FINO/c12-11-7-10(4-5-14-11)15-9-3-1-2-8(13)6-9/h1-7H. The molecule has 2 nitrogen and oxygen atoms in total. The number of pyridine rings is 1. The minimum absolute atomic E-state index is 0.449.